The monoisotopic (exact) mass is 406 g/mol. The van der Waals surface area contributed by atoms with Crippen LogP contribution in [0.25, 0.3) is 0 Å². The Bertz CT molecular complexity index is 804. The van der Waals surface area contributed by atoms with Gasteiger partial charge >= 0.3 is 6.03 Å². The lowest BCUT2D eigenvalue weighted by Crippen LogP contribution is -3.13. The standard InChI is InChI=1S/C25H31N3O2/c29-23-25(18-21-12-6-4-7-13-21,19-22-14-8-5-9-15-22)26-24(30)28(23)20-27-16-10-2-1-3-11-17-27/h4-9,12-15H,1-3,10-11,16-20H2,(H,26,30)/p+1. The van der Waals surface area contributed by atoms with Crippen LogP contribution in [0.2, 0.25) is 0 Å². The summed E-state index contributed by atoms with van der Waals surface area (Å²) >= 11 is 0. The van der Waals surface area contributed by atoms with E-state index in [4.69, 9.17) is 0 Å². The minimum atomic E-state index is -0.929. The van der Waals surface area contributed by atoms with Gasteiger partial charge in [0.25, 0.3) is 5.91 Å². The molecule has 2 aliphatic rings. The van der Waals surface area contributed by atoms with Crippen molar-refractivity contribution in [1.29, 1.82) is 0 Å². The second kappa shape index (κ2) is 9.43. The lowest BCUT2D eigenvalue weighted by Gasteiger charge is -2.28. The molecule has 2 aliphatic heterocycles. The number of rotatable bonds is 6. The van der Waals surface area contributed by atoms with Gasteiger partial charge in [-0.05, 0) is 36.8 Å². The first kappa shape index (κ1) is 20.6. The van der Waals surface area contributed by atoms with E-state index in [1.807, 2.05) is 60.7 Å². The molecule has 30 heavy (non-hydrogen) atoms. The number of hydrogen-bond acceptors (Lipinski definition) is 2. The van der Waals surface area contributed by atoms with Crippen molar-refractivity contribution in [2.24, 2.45) is 0 Å². The summed E-state index contributed by atoms with van der Waals surface area (Å²) in [4.78, 5) is 29.5. The Labute approximate surface area is 179 Å². The maximum atomic E-state index is 13.7. The molecule has 0 unspecified atom stereocenters. The van der Waals surface area contributed by atoms with Crippen molar-refractivity contribution >= 4 is 11.9 Å². The zero-order valence-corrected chi connectivity index (χ0v) is 17.6. The third-order valence-electron chi connectivity index (χ3n) is 6.39. The maximum absolute atomic E-state index is 13.7. The van der Waals surface area contributed by atoms with Gasteiger partial charge in [0, 0.05) is 12.8 Å². The van der Waals surface area contributed by atoms with E-state index in [2.05, 4.69) is 5.32 Å². The average molecular weight is 407 g/mol. The summed E-state index contributed by atoms with van der Waals surface area (Å²) in [6, 6.07) is 19.7. The number of nitrogens with one attached hydrogen (secondary N) is 2. The Kier molecular flexibility index (Phi) is 6.48. The molecule has 2 saturated heterocycles. The summed E-state index contributed by atoms with van der Waals surface area (Å²) in [5.41, 5.74) is 1.19. The van der Waals surface area contributed by atoms with Crippen LogP contribution in [-0.2, 0) is 17.6 Å². The minimum Gasteiger partial charge on any atom is -0.322 e. The first-order valence-electron chi connectivity index (χ1n) is 11.2. The first-order valence-corrected chi connectivity index (χ1v) is 11.2. The van der Waals surface area contributed by atoms with Gasteiger partial charge in [-0.2, -0.15) is 0 Å². The van der Waals surface area contributed by atoms with E-state index in [9.17, 15) is 9.59 Å². The highest BCUT2D eigenvalue weighted by Gasteiger charge is 2.52. The Hall–Kier alpha value is -2.66. The largest absolute Gasteiger partial charge is 0.329 e. The van der Waals surface area contributed by atoms with Crippen LogP contribution in [0.15, 0.2) is 60.7 Å². The number of carbonyl (C=O) groups excluding carboxylic acids is 2. The molecule has 2 fully saturated rings. The summed E-state index contributed by atoms with van der Waals surface area (Å²) in [6.07, 6.45) is 7.12. The van der Waals surface area contributed by atoms with Crippen molar-refractivity contribution in [3.63, 3.8) is 0 Å². The van der Waals surface area contributed by atoms with Crippen LogP contribution in [0.1, 0.15) is 43.2 Å². The van der Waals surface area contributed by atoms with Crippen LogP contribution < -0.4 is 10.2 Å². The molecule has 5 heteroatoms. The van der Waals surface area contributed by atoms with Gasteiger partial charge in [-0.3, -0.25) is 4.79 Å². The highest BCUT2D eigenvalue weighted by molar-refractivity contribution is 6.07. The van der Waals surface area contributed by atoms with E-state index >= 15 is 0 Å². The molecule has 5 nitrogen and oxygen atoms in total. The molecule has 2 aromatic carbocycles. The van der Waals surface area contributed by atoms with Crippen molar-refractivity contribution in [1.82, 2.24) is 10.2 Å². The number of nitrogens with zero attached hydrogens (tertiary/aromatic N) is 1. The number of imide groups is 1. The highest BCUT2D eigenvalue weighted by atomic mass is 16.2. The average Bonchev–Trinajstić information content (AvgIpc) is 2.95. The SMILES string of the molecule is O=C1NC(Cc2ccccc2)(Cc2ccccc2)C(=O)N1C[NH+]1CCCCCCC1. The number of hydrogen-bond donors (Lipinski definition) is 2. The number of urea groups is 1. The van der Waals surface area contributed by atoms with Crippen molar-refractivity contribution in [2.45, 2.75) is 50.5 Å². The molecular formula is C25H32N3O2+. The smallest absolute Gasteiger partial charge is 0.322 e. The fraction of sp³-hybridized carbons (Fsp3) is 0.440. The molecule has 0 atom stereocenters. The maximum Gasteiger partial charge on any atom is 0.329 e. The van der Waals surface area contributed by atoms with E-state index in [1.54, 1.807) is 0 Å². The third-order valence-corrected chi connectivity index (χ3v) is 6.39. The Balaban J connectivity index is 1.57. The van der Waals surface area contributed by atoms with Gasteiger partial charge in [-0.1, -0.05) is 67.1 Å². The number of amides is 3. The van der Waals surface area contributed by atoms with Gasteiger partial charge in [0.2, 0.25) is 0 Å². The molecule has 0 spiro atoms. The molecular weight excluding hydrogens is 374 g/mol. The zero-order valence-electron chi connectivity index (χ0n) is 17.6. The molecule has 0 radical (unpaired) electrons. The fourth-order valence-corrected chi connectivity index (χ4v) is 4.80. The zero-order chi connectivity index (χ0) is 20.8. The lowest BCUT2D eigenvalue weighted by atomic mass is 9.84. The summed E-state index contributed by atoms with van der Waals surface area (Å²) in [7, 11) is 0. The van der Waals surface area contributed by atoms with Gasteiger partial charge in [-0.25, -0.2) is 9.69 Å². The van der Waals surface area contributed by atoms with Gasteiger partial charge in [-0.15, -0.1) is 0 Å². The van der Waals surface area contributed by atoms with Crippen LogP contribution in [0.5, 0.6) is 0 Å². The van der Waals surface area contributed by atoms with Crippen molar-refractivity contribution < 1.29 is 14.5 Å². The summed E-state index contributed by atoms with van der Waals surface area (Å²) in [6.45, 7) is 2.53. The molecule has 0 bridgehead atoms. The van der Waals surface area contributed by atoms with Crippen LogP contribution in [0.4, 0.5) is 4.79 Å². The normalized spacial score (nSPS) is 19.9. The summed E-state index contributed by atoms with van der Waals surface area (Å²) in [5, 5.41) is 3.11. The Morgan fingerprint density at radius 2 is 1.27 bits per heavy atom. The van der Waals surface area contributed by atoms with Crippen molar-refractivity contribution in [2.75, 3.05) is 19.8 Å². The van der Waals surface area contributed by atoms with Crippen LogP contribution in [0, 0.1) is 0 Å². The van der Waals surface area contributed by atoms with Gasteiger partial charge < -0.3 is 10.2 Å². The van der Waals surface area contributed by atoms with E-state index < -0.39 is 5.54 Å². The molecule has 2 N–H and O–H groups in total. The second-order valence-corrected chi connectivity index (χ2v) is 8.75. The molecule has 0 saturated carbocycles. The summed E-state index contributed by atoms with van der Waals surface area (Å²) in [5.74, 6) is -0.0882. The predicted molar refractivity (Wildman–Crippen MR) is 117 cm³/mol. The van der Waals surface area contributed by atoms with Gasteiger partial charge in [0.15, 0.2) is 6.67 Å². The molecule has 4 rings (SSSR count). The molecule has 2 heterocycles. The van der Waals surface area contributed by atoms with E-state index in [1.165, 1.54) is 29.1 Å². The minimum absolute atomic E-state index is 0.0882. The van der Waals surface area contributed by atoms with Crippen LogP contribution in [0.3, 0.4) is 0 Å². The molecule has 2 aromatic rings. The lowest BCUT2D eigenvalue weighted by molar-refractivity contribution is -0.908. The molecule has 0 aliphatic carbocycles. The van der Waals surface area contributed by atoms with Crippen molar-refractivity contribution in [3.05, 3.63) is 71.8 Å². The predicted octanol–water partition coefficient (Wildman–Crippen LogP) is 2.57. The molecule has 158 valence electrons. The quantitative estimate of drug-likeness (QED) is 0.725. The Morgan fingerprint density at radius 1 is 0.767 bits per heavy atom. The highest BCUT2D eigenvalue weighted by Crippen LogP contribution is 2.26. The number of benzene rings is 2. The number of quaternary nitrogens is 1. The summed E-state index contributed by atoms with van der Waals surface area (Å²) < 4.78 is 0. The molecule has 0 aromatic heterocycles. The number of likely N-dealkylation sites (tertiary alicyclic amines) is 1. The first-order chi connectivity index (χ1) is 14.7. The van der Waals surface area contributed by atoms with E-state index in [0.717, 1.165) is 37.1 Å². The van der Waals surface area contributed by atoms with Crippen LogP contribution in [-0.4, -0.2) is 42.1 Å². The Morgan fingerprint density at radius 3 is 1.80 bits per heavy atom. The second-order valence-electron chi connectivity index (χ2n) is 8.75. The molecule has 3 amide bonds. The topological polar surface area (TPSA) is 53.9 Å². The van der Waals surface area contributed by atoms with E-state index in [-0.39, 0.29) is 11.9 Å². The van der Waals surface area contributed by atoms with Crippen LogP contribution >= 0.6 is 0 Å². The third kappa shape index (κ3) is 4.73. The van der Waals surface area contributed by atoms with Crippen molar-refractivity contribution in [3.8, 4) is 0 Å². The van der Waals surface area contributed by atoms with Gasteiger partial charge in [0.05, 0.1) is 13.1 Å². The number of carbonyl (C=O) groups is 2. The van der Waals surface area contributed by atoms with Gasteiger partial charge in [0.1, 0.15) is 5.54 Å². The fourth-order valence-electron chi connectivity index (χ4n) is 4.80. The van der Waals surface area contributed by atoms with E-state index in [0.29, 0.717) is 19.5 Å².